The van der Waals surface area contributed by atoms with Gasteiger partial charge in [-0.2, -0.15) is 5.10 Å². The number of para-hydroxylation sites is 1. The molecule has 2 rings (SSSR count). The number of aromatic amines is 1. The van der Waals surface area contributed by atoms with Gasteiger partial charge >= 0.3 is 0 Å². The molecular formula is C9H10BrN3. The Kier molecular flexibility index (Phi) is 2.33. The SMILES string of the molecule is NCCc1cccc2c(Br)[nH]nc12. The van der Waals surface area contributed by atoms with Crippen LogP contribution in [0, 0.1) is 0 Å². The van der Waals surface area contributed by atoms with Gasteiger partial charge in [0.1, 0.15) is 4.60 Å². The second-order valence-electron chi connectivity index (χ2n) is 2.89. The summed E-state index contributed by atoms with van der Waals surface area (Å²) < 4.78 is 0.932. The van der Waals surface area contributed by atoms with Gasteiger partial charge in [-0.05, 0) is 34.5 Å². The van der Waals surface area contributed by atoms with E-state index < -0.39 is 0 Å². The van der Waals surface area contributed by atoms with Gasteiger partial charge < -0.3 is 5.73 Å². The maximum atomic E-state index is 5.51. The Labute approximate surface area is 84.4 Å². The molecule has 3 nitrogen and oxygen atoms in total. The first-order chi connectivity index (χ1) is 6.33. The second-order valence-corrected chi connectivity index (χ2v) is 3.68. The van der Waals surface area contributed by atoms with Crippen LogP contribution in [0.1, 0.15) is 5.56 Å². The lowest BCUT2D eigenvalue weighted by Crippen LogP contribution is -2.02. The average Bonchev–Trinajstić information content (AvgIpc) is 2.50. The number of hydrogen-bond donors (Lipinski definition) is 2. The minimum Gasteiger partial charge on any atom is -0.330 e. The summed E-state index contributed by atoms with van der Waals surface area (Å²) in [5.41, 5.74) is 7.72. The first kappa shape index (κ1) is 8.72. The smallest absolute Gasteiger partial charge is 0.108 e. The van der Waals surface area contributed by atoms with E-state index in [-0.39, 0.29) is 0 Å². The number of nitrogens with zero attached hydrogens (tertiary/aromatic N) is 1. The highest BCUT2D eigenvalue weighted by molar-refractivity contribution is 9.10. The van der Waals surface area contributed by atoms with E-state index >= 15 is 0 Å². The van der Waals surface area contributed by atoms with Crippen molar-refractivity contribution in [3.63, 3.8) is 0 Å². The molecule has 0 aliphatic carbocycles. The maximum Gasteiger partial charge on any atom is 0.108 e. The fraction of sp³-hybridized carbons (Fsp3) is 0.222. The van der Waals surface area contributed by atoms with Crippen LogP contribution in [-0.2, 0) is 6.42 Å². The van der Waals surface area contributed by atoms with Gasteiger partial charge in [0.15, 0.2) is 0 Å². The molecule has 0 atom stereocenters. The fourth-order valence-electron chi connectivity index (χ4n) is 1.42. The van der Waals surface area contributed by atoms with Gasteiger partial charge in [-0.15, -0.1) is 0 Å². The summed E-state index contributed by atoms with van der Waals surface area (Å²) in [5, 5.41) is 8.23. The second kappa shape index (κ2) is 3.47. The maximum absolute atomic E-state index is 5.51. The summed E-state index contributed by atoms with van der Waals surface area (Å²) >= 11 is 3.40. The Bertz CT molecular complexity index is 422. The summed E-state index contributed by atoms with van der Waals surface area (Å²) in [4.78, 5) is 0. The Morgan fingerprint density at radius 2 is 2.31 bits per heavy atom. The zero-order chi connectivity index (χ0) is 9.26. The molecule has 68 valence electrons. The van der Waals surface area contributed by atoms with Gasteiger partial charge in [-0.1, -0.05) is 18.2 Å². The van der Waals surface area contributed by atoms with Crippen LogP contribution in [0.3, 0.4) is 0 Å². The van der Waals surface area contributed by atoms with Gasteiger partial charge in [0, 0.05) is 5.39 Å². The lowest BCUT2D eigenvalue weighted by Gasteiger charge is -1.98. The first-order valence-corrected chi connectivity index (χ1v) is 4.94. The highest BCUT2D eigenvalue weighted by Gasteiger charge is 2.05. The third-order valence-corrected chi connectivity index (χ3v) is 2.64. The summed E-state index contributed by atoms with van der Waals surface area (Å²) in [6, 6.07) is 6.11. The van der Waals surface area contributed by atoms with Crippen molar-refractivity contribution >= 4 is 26.8 Å². The lowest BCUT2D eigenvalue weighted by atomic mass is 10.1. The van der Waals surface area contributed by atoms with Crippen LogP contribution in [0.4, 0.5) is 0 Å². The van der Waals surface area contributed by atoms with Crippen molar-refractivity contribution in [1.29, 1.82) is 0 Å². The molecule has 0 amide bonds. The normalized spacial score (nSPS) is 10.9. The molecule has 0 spiro atoms. The topological polar surface area (TPSA) is 54.7 Å². The number of aromatic nitrogens is 2. The van der Waals surface area contributed by atoms with Crippen LogP contribution in [-0.4, -0.2) is 16.7 Å². The van der Waals surface area contributed by atoms with Crippen molar-refractivity contribution in [3.8, 4) is 0 Å². The van der Waals surface area contributed by atoms with Crippen LogP contribution in [0.15, 0.2) is 22.8 Å². The Hall–Kier alpha value is -0.870. The van der Waals surface area contributed by atoms with E-state index in [4.69, 9.17) is 5.73 Å². The molecule has 3 N–H and O–H groups in total. The predicted octanol–water partition coefficient (Wildman–Crippen LogP) is 1.83. The number of fused-ring (bicyclic) bond motifs is 1. The summed E-state index contributed by atoms with van der Waals surface area (Å²) in [7, 11) is 0. The Morgan fingerprint density at radius 3 is 3.08 bits per heavy atom. The van der Waals surface area contributed by atoms with Gasteiger partial charge in [0.2, 0.25) is 0 Å². The van der Waals surface area contributed by atoms with Crippen molar-refractivity contribution in [2.24, 2.45) is 5.73 Å². The van der Waals surface area contributed by atoms with E-state index in [9.17, 15) is 0 Å². The van der Waals surface area contributed by atoms with Crippen LogP contribution >= 0.6 is 15.9 Å². The van der Waals surface area contributed by atoms with E-state index in [1.54, 1.807) is 0 Å². The van der Waals surface area contributed by atoms with Crippen LogP contribution < -0.4 is 5.73 Å². The molecule has 4 heteroatoms. The zero-order valence-corrected chi connectivity index (χ0v) is 8.63. The number of hydrogen-bond acceptors (Lipinski definition) is 2. The molecule has 1 aromatic heterocycles. The number of benzene rings is 1. The monoisotopic (exact) mass is 239 g/mol. The van der Waals surface area contributed by atoms with Crippen molar-refractivity contribution in [3.05, 3.63) is 28.4 Å². The number of halogens is 1. The van der Waals surface area contributed by atoms with Crippen molar-refractivity contribution in [1.82, 2.24) is 10.2 Å². The number of nitrogens with one attached hydrogen (secondary N) is 1. The quantitative estimate of drug-likeness (QED) is 0.841. The van der Waals surface area contributed by atoms with E-state index in [1.165, 1.54) is 5.56 Å². The predicted molar refractivity (Wildman–Crippen MR) is 56.6 cm³/mol. The highest BCUT2D eigenvalue weighted by atomic mass is 79.9. The van der Waals surface area contributed by atoms with Crippen LogP contribution in [0.5, 0.6) is 0 Å². The Morgan fingerprint density at radius 1 is 1.46 bits per heavy atom. The van der Waals surface area contributed by atoms with E-state index in [1.807, 2.05) is 12.1 Å². The molecule has 2 aromatic rings. The summed E-state index contributed by atoms with van der Waals surface area (Å²) in [5.74, 6) is 0. The molecule has 1 aromatic carbocycles. The van der Waals surface area contributed by atoms with Gasteiger partial charge in [-0.3, -0.25) is 5.10 Å². The molecule has 1 heterocycles. The Balaban J connectivity index is 2.63. The van der Waals surface area contributed by atoms with Crippen molar-refractivity contribution < 1.29 is 0 Å². The number of H-pyrrole nitrogens is 1. The van der Waals surface area contributed by atoms with Gasteiger partial charge in [0.05, 0.1) is 5.52 Å². The number of nitrogens with two attached hydrogens (primary N) is 1. The van der Waals surface area contributed by atoms with Crippen LogP contribution in [0.25, 0.3) is 10.9 Å². The molecule has 0 aliphatic rings. The summed E-state index contributed by atoms with van der Waals surface area (Å²) in [6.07, 6.45) is 0.870. The first-order valence-electron chi connectivity index (χ1n) is 4.14. The fourth-order valence-corrected chi connectivity index (χ4v) is 1.83. The number of rotatable bonds is 2. The molecular weight excluding hydrogens is 230 g/mol. The molecule has 13 heavy (non-hydrogen) atoms. The van der Waals surface area contributed by atoms with E-state index in [0.717, 1.165) is 21.9 Å². The minimum atomic E-state index is 0.656. The molecule has 0 saturated carbocycles. The summed E-state index contributed by atoms with van der Waals surface area (Å²) in [6.45, 7) is 0.656. The molecule has 0 aliphatic heterocycles. The zero-order valence-electron chi connectivity index (χ0n) is 7.05. The lowest BCUT2D eigenvalue weighted by molar-refractivity contribution is 0.969. The van der Waals surface area contributed by atoms with Gasteiger partial charge in [0.25, 0.3) is 0 Å². The molecule has 0 radical (unpaired) electrons. The third-order valence-electron chi connectivity index (χ3n) is 2.04. The molecule has 0 bridgehead atoms. The van der Waals surface area contributed by atoms with Crippen molar-refractivity contribution in [2.75, 3.05) is 6.54 Å². The minimum absolute atomic E-state index is 0.656. The van der Waals surface area contributed by atoms with E-state index in [0.29, 0.717) is 6.54 Å². The highest BCUT2D eigenvalue weighted by Crippen LogP contribution is 2.23. The molecule has 0 unspecified atom stereocenters. The molecule has 0 fully saturated rings. The largest absolute Gasteiger partial charge is 0.330 e. The standard InChI is InChI=1S/C9H10BrN3/c10-9-7-3-1-2-6(4-5-11)8(7)12-13-9/h1-3H,4-5,11H2,(H,12,13). The van der Waals surface area contributed by atoms with Crippen molar-refractivity contribution in [2.45, 2.75) is 6.42 Å². The third kappa shape index (κ3) is 1.47. The van der Waals surface area contributed by atoms with E-state index in [2.05, 4.69) is 32.2 Å². The molecule has 0 saturated heterocycles. The van der Waals surface area contributed by atoms with Crippen LogP contribution in [0.2, 0.25) is 0 Å². The van der Waals surface area contributed by atoms with Gasteiger partial charge in [-0.25, -0.2) is 0 Å². The average molecular weight is 240 g/mol.